The number of pyridine rings is 2. The normalized spacial score (nSPS) is 17.4. The van der Waals surface area contributed by atoms with Gasteiger partial charge >= 0.3 is 0 Å². The van der Waals surface area contributed by atoms with E-state index >= 15 is 0 Å². The highest BCUT2D eigenvalue weighted by Crippen LogP contribution is 2.45. The predicted molar refractivity (Wildman–Crippen MR) is 141 cm³/mol. The Morgan fingerprint density at radius 3 is 2.66 bits per heavy atom. The maximum absolute atomic E-state index is 14.2. The van der Waals surface area contributed by atoms with Gasteiger partial charge in [-0.3, -0.25) is 9.78 Å². The number of hydrogen-bond acceptors (Lipinski definition) is 7. The number of aromatic nitrogens is 4. The van der Waals surface area contributed by atoms with Crippen LogP contribution in [0, 0.1) is 17.6 Å². The van der Waals surface area contributed by atoms with E-state index < -0.39 is 11.6 Å². The molecule has 1 aromatic carbocycles. The third-order valence-corrected chi connectivity index (χ3v) is 7.21. The molecule has 2 aliphatic rings. The van der Waals surface area contributed by atoms with Crippen LogP contribution in [0.4, 0.5) is 26.1 Å². The van der Waals surface area contributed by atoms with Crippen molar-refractivity contribution in [2.75, 3.05) is 30.4 Å². The molecule has 2 N–H and O–H groups in total. The minimum atomic E-state index is -0.712. The lowest BCUT2D eigenvalue weighted by Crippen LogP contribution is -2.42. The highest BCUT2D eigenvalue weighted by Gasteiger charge is 2.31. The quantitative estimate of drug-likeness (QED) is 0.375. The number of hydrogen-bond donors (Lipinski definition) is 2. The summed E-state index contributed by atoms with van der Waals surface area (Å²) in [5, 5.41) is 6.49. The van der Waals surface area contributed by atoms with Crippen LogP contribution in [0.1, 0.15) is 37.2 Å². The minimum absolute atomic E-state index is 0.0302. The second-order valence-electron chi connectivity index (χ2n) is 9.82. The van der Waals surface area contributed by atoms with E-state index in [0.29, 0.717) is 23.9 Å². The Labute approximate surface area is 218 Å². The molecule has 1 saturated carbocycles. The number of amides is 1. The molecule has 1 aliphatic heterocycles. The van der Waals surface area contributed by atoms with Crippen molar-refractivity contribution in [2.45, 2.75) is 31.6 Å². The fourth-order valence-electron chi connectivity index (χ4n) is 5.12. The van der Waals surface area contributed by atoms with Crippen LogP contribution < -0.4 is 15.5 Å². The Balaban J connectivity index is 1.43. The first-order valence-corrected chi connectivity index (χ1v) is 12.8. The van der Waals surface area contributed by atoms with Crippen molar-refractivity contribution in [3.05, 3.63) is 66.1 Å². The topological polar surface area (TPSA) is 95.9 Å². The molecule has 1 aliphatic carbocycles. The molecule has 1 unspecified atom stereocenters. The lowest BCUT2D eigenvalue weighted by atomic mass is 9.96. The van der Waals surface area contributed by atoms with Crippen molar-refractivity contribution >= 4 is 34.1 Å². The highest BCUT2D eigenvalue weighted by atomic mass is 19.1. The maximum Gasteiger partial charge on any atom is 0.224 e. The van der Waals surface area contributed by atoms with Gasteiger partial charge in [0.25, 0.3) is 0 Å². The van der Waals surface area contributed by atoms with Crippen molar-refractivity contribution in [2.24, 2.45) is 5.92 Å². The molecule has 1 saturated heterocycles. The van der Waals surface area contributed by atoms with E-state index in [0.717, 1.165) is 54.5 Å². The zero-order valence-corrected chi connectivity index (χ0v) is 20.9. The Morgan fingerprint density at radius 2 is 1.89 bits per heavy atom. The summed E-state index contributed by atoms with van der Waals surface area (Å²) >= 11 is 0. The van der Waals surface area contributed by atoms with Crippen LogP contribution >= 0.6 is 0 Å². The second-order valence-corrected chi connectivity index (χ2v) is 9.82. The van der Waals surface area contributed by atoms with Crippen molar-refractivity contribution in [3.8, 4) is 11.4 Å². The van der Waals surface area contributed by atoms with Gasteiger partial charge < -0.3 is 15.5 Å². The maximum atomic E-state index is 14.2. The Morgan fingerprint density at radius 1 is 1.08 bits per heavy atom. The molecule has 6 rings (SSSR count). The van der Waals surface area contributed by atoms with E-state index in [9.17, 15) is 13.6 Å². The number of rotatable bonds is 6. The van der Waals surface area contributed by atoms with Gasteiger partial charge in [-0.05, 0) is 61.4 Å². The van der Waals surface area contributed by atoms with Gasteiger partial charge in [0, 0.05) is 43.5 Å². The predicted octanol–water partition coefficient (Wildman–Crippen LogP) is 4.95. The fourth-order valence-corrected chi connectivity index (χ4v) is 5.12. The van der Waals surface area contributed by atoms with Gasteiger partial charge in [-0.2, -0.15) is 0 Å². The summed E-state index contributed by atoms with van der Waals surface area (Å²) < 4.78 is 28.4. The number of piperidine rings is 1. The lowest BCUT2D eigenvalue weighted by molar-refractivity contribution is -0.124. The summed E-state index contributed by atoms with van der Waals surface area (Å²) in [7, 11) is 1.67. The second kappa shape index (κ2) is 9.92. The van der Waals surface area contributed by atoms with Gasteiger partial charge in [-0.1, -0.05) is 6.07 Å². The zero-order valence-electron chi connectivity index (χ0n) is 20.9. The molecule has 2 fully saturated rings. The number of anilines is 3. The molecular formula is C28H27F2N7O. The van der Waals surface area contributed by atoms with Gasteiger partial charge in [0.1, 0.15) is 29.0 Å². The van der Waals surface area contributed by atoms with E-state index in [2.05, 4.69) is 25.5 Å². The van der Waals surface area contributed by atoms with E-state index in [4.69, 9.17) is 9.97 Å². The Hall–Kier alpha value is -4.21. The number of halogens is 2. The molecule has 1 amide bonds. The van der Waals surface area contributed by atoms with E-state index in [1.807, 2.05) is 6.20 Å². The molecule has 194 valence electrons. The van der Waals surface area contributed by atoms with Gasteiger partial charge in [-0.25, -0.2) is 23.7 Å². The number of carbonyl (C=O) groups is 1. The van der Waals surface area contributed by atoms with Gasteiger partial charge in [-0.15, -0.1) is 0 Å². The van der Waals surface area contributed by atoms with Gasteiger partial charge in [0.2, 0.25) is 5.91 Å². The SMILES string of the molecule is CNC(=O)C1CCCN(c2nc(-c3ccnc(Nc4c(F)cccc4F)c3)nc3cncc(C4CC4)c23)C1. The molecule has 0 bridgehead atoms. The largest absolute Gasteiger partial charge is 0.359 e. The highest BCUT2D eigenvalue weighted by molar-refractivity contribution is 5.94. The van der Waals surface area contributed by atoms with Crippen molar-refractivity contribution in [1.29, 1.82) is 0 Å². The smallest absolute Gasteiger partial charge is 0.224 e. The number of para-hydroxylation sites is 1. The molecule has 10 heteroatoms. The standard InChI is InChI=1S/C28H27F2N7O/c1-31-28(38)18-4-3-11-37(15-18)27-24-19(16-7-8-16)13-32-14-22(24)34-26(36-27)17-9-10-33-23(12-17)35-25-20(29)5-2-6-21(25)30/h2,5-6,9-10,12-14,16,18H,3-4,7-8,11,15H2,1H3,(H,31,38)(H,33,35). The number of nitrogens with one attached hydrogen (secondary N) is 2. The molecule has 4 aromatic rings. The summed E-state index contributed by atoms with van der Waals surface area (Å²) in [5.74, 6) is 0.416. The van der Waals surface area contributed by atoms with E-state index in [-0.39, 0.29) is 23.3 Å². The Bertz CT molecular complexity index is 1500. The van der Waals surface area contributed by atoms with Crippen LogP contribution in [0.15, 0.2) is 48.9 Å². The average molecular weight is 516 g/mol. The van der Waals surface area contributed by atoms with Crippen molar-refractivity contribution in [3.63, 3.8) is 0 Å². The first-order valence-electron chi connectivity index (χ1n) is 12.8. The van der Waals surface area contributed by atoms with Crippen molar-refractivity contribution < 1.29 is 13.6 Å². The molecular weight excluding hydrogens is 488 g/mol. The summed E-state index contributed by atoms with van der Waals surface area (Å²) in [6, 6.07) is 7.10. The Kier molecular flexibility index (Phi) is 6.30. The molecule has 38 heavy (non-hydrogen) atoms. The lowest BCUT2D eigenvalue weighted by Gasteiger charge is -2.33. The number of benzene rings is 1. The monoisotopic (exact) mass is 515 g/mol. The number of fused-ring (bicyclic) bond motifs is 1. The van der Waals surface area contributed by atoms with Gasteiger partial charge in [0.15, 0.2) is 5.82 Å². The van der Waals surface area contributed by atoms with Crippen LogP contribution in [-0.2, 0) is 4.79 Å². The molecule has 0 radical (unpaired) electrons. The molecule has 1 atom stereocenters. The van der Waals surface area contributed by atoms with E-state index in [1.165, 1.54) is 18.2 Å². The third kappa shape index (κ3) is 4.62. The number of nitrogens with zero attached hydrogens (tertiary/aromatic N) is 5. The fraction of sp³-hybridized carbons (Fsp3) is 0.321. The van der Waals surface area contributed by atoms with Crippen LogP contribution in [0.5, 0.6) is 0 Å². The summed E-state index contributed by atoms with van der Waals surface area (Å²) in [5.41, 5.74) is 2.23. The average Bonchev–Trinajstić information content (AvgIpc) is 3.79. The first-order chi connectivity index (χ1) is 18.5. The first kappa shape index (κ1) is 24.1. The summed E-state index contributed by atoms with van der Waals surface area (Å²) in [6.07, 6.45) is 9.11. The van der Waals surface area contributed by atoms with Crippen LogP contribution in [-0.4, -0.2) is 46.0 Å². The minimum Gasteiger partial charge on any atom is -0.359 e. The van der Waals surface area contributed by atoms with Crippen LogP contribution in [0.3, 0.4) is 0 Å². The van der Waals surface area contributed by atoms with E-state index in [1.54, 1.807) is 31.6 Å². The summed E-state index contributed by atoms with van der Waals surface area (Å²) in [6.45, 7) is 1.34. The molecule has 8 nitrogen and oxygen atoms in total. The van der Waals surface area contributed by atoms with Gasteiger partial charge in [0.05, 0.1) is 17.6 Å². The van der Waals surface area contributed by atoms with Crippen molar-refractivity contribution in [1.82, 2.24) is 25.3 Å². The number of carbonyl (C=O) groups excluding carboxylic acids is 1. The van der Waals surface area contributed by atoms with Crippen LogP contribution in [0.2, 0.25) is 0 Å². The molecule has 4 heterocycles. The molecule has 0 spiro atoms. The summed E-state index contributed by atoms with van der Waals surface area (Å²) in [4.78, 5) is 33.2. The molecule has 3 aromatic heterocycles. The zero-order chi connectivity index (χ0) is 26.2. The van der Waals surface area contributed by atoms with Crippen LogP contribution in [0.25, 0.3) is 22.3 Å². The third-order valence-electron chi connectivity index (χ3n) is 7.21.